The van der Waals surface area contributed by atoms with Gasteiger partial charge in [-0.2, -0.15) is 4.98 Å². The van der Waals surface area contributed by atoms with Crippen molar-refractivity contribution in [2.45, 2.75) is 44.8 Å². The molecule has 1 fully saturated rings. The minimum Gasteiger partial charge on any atom is -0.480 e. The number of likely N-dealkylation sites (tertiary alicyclic amines) is 1. The molecule has 0 aromatic carbocycles. The molecule has 1 atom stereocenters. The van der Waals surface area contributed by atoms with E-state index in [9.17, 15) is 5.11 Å². The zero-order valence-electron chi connectivity index (χ0n) is 13.3. The first-order valence-corrected chi connectivity index (χ1v) is 7.42. The second-order valence-corrected chi connectivity index (χ2v) is 5.79. The SMILES string of the molecule is COc1cnc(C2(O)CCCN(C(C)C)CC2)c(OC)n1. The molecule has 0 spiro atoms. The average molecular weight is 295 g/mol. The summed E-state index contributed by atoms with van der Waals surface area (Å²) in [5.74, 6) is 0.728. The standard InChI is InChI=1S/C15H25N3O3/c1-11(2)18-8-5-6-15(19,7-9-18)13-14(21-4)17-12(20-3)10-16-13/h10-11,19H,5-9H2,1-4H3. The first-order valence-electron chi connectivity index (χ1n) is 7.42. The third-order valence-corrected chi connectivity index (χ3v) is 4.14. The van der Waals surface area contributed by atoms with Gasteiger partial charge in [-0.1, -0.05) is 0 Å². The van der Waals surface area contributed by atoms with Crippen molar-refractivity contribution in [1.82, 2.24) is 14.9 Å². The van der Waals surface area contributed by atoms with E-state index < -0.39 is 5.60 Å². The van der Waals surface area contributed by atoms with Crippen molar-refractivity contribution in [3.05, 3.63) is 11.9 Å². The number of aliphatic hydroxyl groups is 1. The monoisotopic (exact) mass is 295 g/mol. The lowest BCUT2D eigenvalue weighted by molar-refractivity contribution is 0.0130. The molecule has 2 rings (SSSR count). The van der Waals surface area contributed by atoms with E-state index in [2.05, 4.69) is 28.7 Å². The highest BCUT2D eigenvalue weighted by atomic mass is 16.5. The molecular formula is C15H25N3O3. The number of rotatable bonds is 4. The van der Waals surface area contributed by atoms with Crippen LogP contribution in [0.15, 0.2) is 6.20 Å². The quantitative estimate of drug-likeness (QED) is 0.909. The molecule has 118 valence electrons. The maximum Gasteiger partial charge on any atom is 0.241 e. The third-order valence-electron chi connectivity index (χ3n) is 4.14. The summed E-state index contributed by atoms with van der Waals surface area (Å²) >= 11 is 0. The molecule has 1 aliphatic heterocycles. The van der Waals surface area contributed by atoms with Gasteiger partial charge in [-0.15, -0.1) is 0 Å². The molecule has 0 aliphatic carbocycles. The van der Waals surface area contributed by atoms with Gasteiger partial charge in [0.1, 0.15) is 11.3 Å². The third kappa shape index (κ3) is 3.44. The smallest absolute Gasteiger partial charge is 0.241 e. The molecular weight excluding hydrogens is 270 g/mol. The fourth-order valence-electron chi connectivity index (χ4n) is 2.81. The summed E-state index contributed by atoms with van der Waals surface area (Å²) in [6.07, 6.45) is 3.74. The summed E-state index contributed by atoms with van der Waals surface area (Å²) in [6, 6.07) is 0.483. The Morgan fingerprint density at radius 2 is 2.00 bits per heavy atom. The topological polar surface area (TPSA) is 67.7 Å². The zero-order valence-corrected chi connectivity index (χ0v) is 13.3. The molecule has 21 heavy (non-hydrogen) atoms. The summed E-state index contributed by atoms with van der Waals surface area (Å²) < 4.78 is 10.4. The second kappa shape index (κ2) is 6.58. The van der Waals surface area contributed by atoms with Crippen LogP contribution in [-0.4, -0.2) is 53.3 Å². The lowest BCUT2D eigenvalue weighted by Gasteiger charge is -2.28. The van der Waals surface area contributed by atoms with Crippen molar-refractivity contribution < 1.29 is 14.6 Å². The van der Waals surface area contributed by atoms with Gasteiger partial charge in [-0.05, 0) is 39.7 Å². The summed E-state index contributed by atoms with van der Waals surface area (Å²) in [7, 11) is 3.07. The van der Waals surface area contributed by atoms with Crippen LogP contribution in [0, 0.1) is 0 Å². The van der Waals surface area contributed by atoms with Crippen molar-refractivity contribution in [1.29, 1.82) is 0 Å². The Bertz CT molecular complexity index is 481. The van der Waals surface area contributed by atoms with Gasteiger partial charge in [-0.25, -0.2) is 4.98 Å². The van der Waals surface area contributed by atoms with E-state index in [1.807, 2.05) is 0 Å². The van der Waals surface area contributed by atoms with Crippen molar-refractivity contribution in [3.8, 4) is 11.8 Å². The lowest BCUT2D eigenvalue weighted by Crippen LogP contribution is -2.34. The number of aromatic nitrogens is 2. The summed E-state index contributed by atoms with van der Waals surface area (Å²) in [4.78, 5) is 11.0. The van der Waals surface area contributed by atoms with Gasteiger partial charge in [0.2, 0.25) is 11.8 Å². The maximum atomic E-state index is 11.0. The number of ether oxygens (including phenoxy) is 2. The van der Waals surface area contributed by atoms with Gasteiger partial charge in [0.15, 0.2) is 0 Å². The van der Waals surface area contributed by atoms with Crippen LogP contribution in [0.25, 0.3) is 0 Å². The molecule has 1 unspecified atom stereocenters. The number of nitrogens with zero attached hydrogens (tertiary/aromatic N) is 3. The van der Waals surface area contributed by atoms with E-state index in [0.29, 0.717) is 36.3 Å². The highest BCUT2D eigenvalue weighted by molar-refractivity contribution is 5.28. The Morgan fingerprint density at radius 3 is 2.62 bits per heavy atom. The van der Waals surface area contributed by atoms with Gasteiger partial charge in [0, 0.05) is 12.6 Å². The highest BCUT2D eigenvalue weighted by Crippen LogP contribution is 2.36. The first-order chi connectivity index (χ1) is 10.00. The Balaban J connectivity index is 2.27. The van der Waals surface area contributed by atoms with E-state index in [1.54, 1.807) is 0 Å². The van der Waals surface area contributed by atoms with Crippen molar-refractivity contribution in [2.75, 3.05) is 27.3 Å². The lowest BCUT2D eigenvalue weighted by atomic mass is 9.91. The normalized spacial score (nSPS) is 23.9. The Kier molecular flexibility index (Phi) is 5.00. The largest absolute Gasteiger partial charge is 0.480 e. The molecule has 0 bridgehead atoms. The van der Waals surface area contributed by atoms with Crippen molar-refractivity contribution in [2.24, 2.45) is 0 Å². The zero-order chi connectivity index (χ0) is 15.5. The van der Waals surface area contributed by atoms with Gasteiger partial charge < -0.3 is 19.5 Å². The molecule has 6 heteroatoms. The minimum atomic E-state index is -0.992. The number of methoxy groups -OCH3 is 2. The van der Waals surface area contributed by atoms with Crippen molar-refractivity contribution >= 4 is 0 Å². The fourth-order valence-corrected chi connectivity index (χ4v) is 2.81. The van der Waals surface area contributed by atoms with Crippen LogP contribution in [0.2, 0.25) is 0 Å². The predicted octanol–water partition coefficient (Wildman–Crippen LogP) is 1.58. The predicted molar refractivity (Wildman–Crippen MR) is 79.6 cm³/mol. The van der Waals surface area contributed by atoms with Crippen LogP contribution in [0.3, 0.4) is 0 Å². The minimum absolute atomic E-state index is 0.342. The van der Waals surface area contributed by atoms with E-state index in [-0.39, 0.29) is 0 Å². The molecule has 2 heterocycles. The number of hydrogen-bond acceptors (Lipinski definition) is 6. The van der Waals surface area contributed by atoms with Crippen molar-refractivity contribution in [3.63, 3.8) is 0 Å². The fraction of sp³-hybridized carbons (Fsp3) is 0.733. The molecule has 0 saturated carbocycles. The summed E-state index contributed by atoms with van der Waals surface area (Å²) in [5.41, 5.74) is -0.481. The molecule has 1 N–H and O–H groups in total. The Morgan fingerprint density at radius 1 is 1.24 bits per heavy atom. The molecule has 6 nitrogen and oxygen atoms in total. The summed E-state index contributed by atoms with van der Waals surface area (Å²) in [6.45, 7) is 6.19. The second-order valence-electron chi connectivity index (χ2n) is 5.79. The first kappa shape index (κ1) is 16.0. The van der Waals surface area contributed by atoms with Crippen LogP contribution in [-0.2, 0) is 5.60 Å². The molecule has 1 aromatic heterocycles. The van der Waals surface area contributed by atoms with E-state index in [4.69, 9.17) is 9.47 Å². The molecule has 0 radical (unpaired) electrons. The van der Waals surface area contributed by atoms with Crippen LogP contribution < -0.4 is 9.47 Å². The maximum absolute atomic E-state index is 11.0. The Hall–Kier alpha value is -1.40. The van der Waals surface area contributed by atoms with E-state index in [0.717, 1.165) is 19.5 Å². The molecule has 1 aliphatic rings. The molecule has 1 saturated heterocycles. The highest BCUT2D eigenvalue weighted by Gasteiger charge is 2.37. The van der Waals surface area contributed by atoms with Crippen LogP contribution in [0.1, 0.15) is 38.8 Å². The number of hydrogen-bond donors (Lipinski definition) is 1. The van der Waals surface area contributed by atoms with Gasteiger partial charge >= 0.3 is 0 Å². The van der Waals surface area contributed by atoms with Gasteiger partial charge in [0.05, 0.1) is 20.4 Å². The molecule has 0 amide bonds. The molecule has 1 aromatic rings. The summed E-state index contributed by atoms with van der Waals surface area (Å²) in [5, 5.41) is 11.0. The van der Waals surface area contributed by atoms with E-state index in [1.165, 1.54) is 20.4 Å². The average Bonchev–Trinajstić information content (AvgIpc) is 2.69. The van der Waals surface area contributed by atoms with Gasteiger partial charge in [-0.3, -0.25) is 0 Å². The van der Waals surface area contributed by atoms with Crippen LogP contribution in [0.5, 0.6) is 11.8 Å². The Labute approximate surface area is 126 Å². The van der Waals surface area contributed by atoms with Crippen LogP contribution in [0.4, 0.5) is 0 Å². The van der Waals surface area contributed by atoms with E-state index >= 15 is 0 Å². The van der Waals surface area contributed by atoms with Crippen LogP contribution >= 0.6 is 0 Å². The van der Waals surface area contributed by atoms with Gasteiger partial charge in [0.25, 0.3) is 0 Å².